The van der Waals surface area contributed by atoms with E-state index in [1.807, 2.05) is 18.2 Å². The fraction of sp³-hybridized carbons (Fsp3) is 0.353. The highest BCUT2D eigenvalue weighted by Gasteiger charge is 2.29. The molecule has 24 heavy (non-hydrogen) atoms. The van der Waals surface area contributed by atoms with Crippen molar-refractivity contribution in [3.63, 3.8) is 0 Å². The summed E-state index contributed by atoms with van der Waals surface area (Å²) in [5, 5.41) is 0.606. The molecule has 3 N–H and O–H groups in total. The van der Waals surface area contributed by atoms with Gasteiger partial charge in [0.2, 0.25) is 0 Å². The van der Waals surface area contributed by atoms with Gasteiger partial charge in [-0.2, -0.15) is 0 Å². The van der Waals surface area contributed by atoms with E-state index in [-0.39, 0.29) is 12.0 Å². The van der Waals surface area contributed by atoms with Crippen LogP contribution in [0, 0.1) is 0 Å². The number of carbonyl (C=O) groups excluding carboxylic acids is 1. The Bertz CT molecular complexity index is 759. The highest BCUT2D eigenvalue weighted by atomic mass is 32.2. The van der Waals surface area contributed by atoms with Crippen molar-refractivity contribution in [1.82, 2.24) is 0 Å². The Kier molecular flexibility index (Phi) is 5.33. The van der Waals surface area contributed by atoms with Gasteiger partial charge in [-0.15, -0.1) is 11.3 Å². The molecule has 0 fully saturated rings. The minimum absolute atomic E-state index is 0.0488. The molecule has 128 valence electrons. The van der Waals surface area contributed by atoms with Crippen LogP contribution >= 0.6 is 11.3 Å². The Morgan fingerprint density at radius 3 is 2.88 bits per heavy atom. The van der Waals surface area contributed by atoms with Crippen molar-refractivity contribution in [2.24, 2.45) is 5.73 Å². The normalized spacial score (nSPS) is 17.8. The SMILES string of the molecule is CCOC(=O)c1c(NS(=O)c2ccccc2)sc2c1CC(N)CC2. The van der Waals surface area contributed by atoms with Crippen LogP contribution < -0.4 is 10.5 Å². The van der Waals surface area contributed by atoms with Gasteiger partial charge in [0.05, 0.1) is 17.1 Å². The number of hydrogen-bond donors (Lipinski definition) is 2. The monoisotopic (exact) mass is 364 g/mol. The van der Waals surface area contributed by atoms with Crippen LogP contribution in [0.2, 0.25) is 0 Å². The summed E-state index contributed by atoms with van der Waals surface area (Å²) in [7, 11) is -1.43. The third-order valence-corrected chi connectivity index (χ3v) is 6.35. The molecule has 0 aliphatic heterocycles. The van der Waals surface area contributed by atoms with E-state index in [0.717, 1.165) is 23.3 Å². The maximum absolute atomic E-state index is 12.6. The molecule has 0 saturated heterocycles. The molecule has 1 heterocycles. The first-order chi connectivity index (χ1) is 11.6. The van der Waals surface area contributed by atoms with E-state index in [1.165, 1.54) is 11.3 Å². The van der Waals surface area contributed by atoms with Gasteiger partial charge >= 0.3 is 5.97 Å². The number of fused-ring (bicyclic) bond motifs is 1. The van der Waals surface area contributed by atoms with Crippen LogP contribution in [-0.4, -0.2) is 22.8 Å². The fourth-order valence-corrected chi connectivity index (χ4v) is 5.06. The molecule has 1 aliphatic rings. The van der Waals surface area contributed by atoms with Gasteiger partial charge in [-0.25, -0.2) is 9.00 Å². The summed E-state index contributed by atoms with van der Waals surface area (Å²) in [6.07, 6.45) is 2.39. The zero-order valence-electron chi connectivity index (χ0n) is 13.4. The highest BCUT2D eigenvalue weighted by molar-refractivity contribution is 7.86. The number of carbonyl (C=O) groups is 1. The van der Waals surface area contributed by atoms with E-state index in [1.54, 1.807) is 19.1 Å². The second-order valence-electron chi connectivity index (χ2n) is 5.62. The molecule has 2 atom stereocenters. The van der Waals surface area contributed by atoms with Crippen LogP contribution in [0.5, 0.6) is 0 Å². The van der Waals surface area contributed by atoms with E-state index < -0.39 is 11.0 Å². The molecule has 5 nitrogen and oxygen atoms in total. The highest BCUT2D eigenvalue weighted by Crippen LogP contribution is 2.39. The van der Waals surface area contributed by atoms with Crippen LogP contribution in [0.15, 0.2) is 35.2 Å². The summed E-state index contributed by atoms with van der Waals surface area (Å²) in [5.41, 5.74) is 7.51. The molecule has 2 aromatic rings. The predicted octanol–water partition coefficient (Wildman–Crippen LogP) is 2.88. The number of anilines is 1. The van der Waals surface area contributed by atoms with Gasteiger partial charge in [0.25, 0.3) is 0 Å². The Morgan fingerprint density at radius 2 is 2.17 bits per heavy atom. The molecule has 2 unspecified atom stereocenters. The first kappa shape index (κ1) is 17.1. The number of aryl methyl sites for hydroxylation is 1. The molecule has 0 bridgehead atoms. The van der Waals surface area contributed by atoms with Crippen molar-refractivity contribution < 1.29 is 13.7 Å². The van der Waals surface area contributed by atoms with Crippen molar-refractivity contribution >= 4 is 33.3 Å². The molecule has 0 spiro atoms. The number of hydrogen-bond acceptors (Lipinski definition) is 5. The fourth-order valence-electron chi connectivity index (χ4n) is 2.79. The number of benzene rings is 1. The third kappa shape index (κ3) is 3.53. The second kappa shape index (κ2) is 7.46. The summed E-state index contributed by atoms with van der Waals surface area (Å²) >= 11 is 1.48. The van der Waals surface area contributed by atoms with E-state index >= 15 is 0 Å². The molecule has 0 amide bonds. The smallest absolute Gasteiger partial charge is 0.341 e. The summed E-state index contributed by atoms with van der Waals surface area (Å²) in [5.74, 6) is -0.378. The average molecular weight is 364 g/mol. The summed E-state index contributed by atoms with van der Waals surface area (Å²) in [6.45, 7) is 2.08. The standard InChI is InChI=1S/C17H20N2O3S2/c1-2-22-17(20)15-13-10-11(18)8-9-14(13)23-16(15)19-24(21)12-6-4-3-5-7-12/h3-7,11,19H,2,8-10,18H2,1H3. The van der Waals surface area contributed by atoms with Crippen molar-refractivity contribution in [3.05, 3.63) is 46.3 Å². The van der Waals surface area contributed by atoms with Gasteiger partial charge in [-0.1, -0.05) is 18.2 Å². The van der Waals surface area contributed by atoms with Gasteiger partial charge in [0, 0.05) is 10.9 Å². The van der Waals surface area contributed by atoms with Crippen molar-refractivity contribution in [1.29, 1.82) is 0 Å². The quantitative estimate of drug-likeness (QED) is 0.800. The average Bonchev–Trinajstić information content (AvgIpc) is 2.93. The lowest BCUT2D eigenvalue weighted by Crippen LogP contribution is -2.28. The second-order valence-corrected chi connectivity index (χ2v) is 7.93. The molecule has 1 aromatic heterocycles. The van der Waals surface area contributed by atoms with Crippen LogP contribution in [0.25, 0.3) is 0 Å². The number of thiophene rings is 1. The minimum atomic E-state index is -1.43. The number of rotatable bonds is 5. The first-order valence-electron chi connectivity index (χ1n) is 7.90. The summed E-state index contributed by atoms with van der Waals surface area (Å²) in [4.78, 5) is 14.2. The lowest BCUT2D eigenvalue weighted by atomic mass is 9.92. The molecular weight excluding hydrogens is 344 g/mol. The number of nitrogens with two attached hydrogens (primary N) is 1. The molecule has 0 radical (unpaired) electrons. The largest absolute Gasteiger partial charge is 0.462 e. The van der Waals surface area contributed by atoms with Crippen molar-refractivity contribution in [2.75, 3.05) is 11.3 Å². The summed E-state index contributed by atoms with van der Waals surface area (Å²) < 4.78 is 20.7. The van der Waals surface area contributed by atoms with Crippen molar-refractivity contribution in [2.45, 2.75) is 37.1 Å². The van der Waals surface area contributed by atoms with Crippen LogP contribution in [0.1, 0.15) is 34.1 Å². The molecule has 0 saturated carbocycles. The van der Waals surface area contributed by atoms with Gasteiger partial charge in [0.15, 0.2) is 11.0 Å². The summed E-state index contributed by atoms with van der Waals surface area (Å²) in [6, 6.07) is 9.16. The minimum Gasteiger partial charge on any atom is -0.462 e. The molecule has 1 aliphatic carbocycles. The van der Waals surface area contributed by atoms with E-state index in [2.05, 4.69) is 4.72 Å². The zero-order valence-corrected chi connectivity index (χ0v) is 15.0. The third-order valence-electron chi connectivity index (χ3n) is 3.92. The molecule has 7 heteroatoms. The van der Waals surface area contributed by atoms with Crippen LogP contribution in [0.3, 0.4) is 0 Å². The number of nitrogens with one attached hydrogen (secondary N) is 1. The first-order valence-corrected chi connectivity index (χ1v) is 9.87. The lowest BCUT2D eigenvalue weighted by Gasteiger charge is -2.18. The number of ether oxygens (including phenoxy) is 1. The maximum atomic E-state index is 12.6. The molecular formula is C17H20N2O3S2. The van der Waals surface area contributed by atoms with E-state index in [9.17, 15) is 9.00 Å². The van der Waals surface area contributed by atoms with Gasteiger partial charge in [-0.3, -0.25) is 4.72 Å². The number of esters is 1. The Morgan fingerprint density at radius 1 is 1.42 bits per heavy atom. The molecule has 1 aromatic carbocycles. The van der Waals surface area contributed by atoms with E-state index in [0.29, 0.717) is 28.5 Å². The Hall–Kier alpha value is -1.70. The van der Waals surface area contributed by atoms with Gasteiger partial charge in [-0.05, 0) is 43.9 Å². The van der Waals surface area contributed by atoms with Gasteiger partial charge < -0.3 is 10.5 Å². The van der Waals surface area contributed by atoms with Crippen molar-refractivity contribution in [3.8, 4) is 0 Å². The van der Waals surface area contributed by atoms with Crippen LogP contribution in [0.4, 0.5) is 5.00 Å². The zero-order chi connectivity index (χ0) is 17.1. The van der Waals surface area contributed by atoms with E-state index in [4.69, 9.17) is 10.5 Å². The Labute approximate surface area is 147 Å². The molecule has 3 rings (SSSR count). The topological polar surface area (TPSA) is 81.4 Å². The Balaban J connectivity index is 1.95. The lowest BCUT2D eigenvalue weighted by molar-refractivity contribution is 0.0526. The maximum Gasteiger partial charge on any atom is 0.341 e. The predicted molar refractivity (Wildman–Crippen MR) is 96.7 cm³/mol. The van der Waals surface area contributed by atoms with Crippen LogP contribution in [-0.2, 0) is 28.6 Å². The van der Waals surface area contributed by atoms with Gasteiger partial charge in [0.1, 0.15) is 5.00 Å².